The number of carbonyl (C=O) groups is 1. The Bertz CT molecular complexity index is 435. The van der Waals surface area contributed by atoms with Crippen LogP contribution in [0.5, 0.6) is 5.75 Å². The number of nitrogens with one attached hydrogen (secondary N) is 1. The highest BCUT2D eigenvalue weighted by Gasteiger charge is 2.21. The Hall–Kier alpha value is -1.59. The molecule has 4 N–H and O–H groups in total. The maximum absolute atomic E-state index is 10.7. The zero-order chi connectivity index (χ0) is 14.4. The van der Waals surface area contributed by atoms with Crippen LogP contribution in [-0.2, 0) is 4.79 Å². The molecule has 1 rings (SSSR count). The molecule has 1 aromatic carbocycles. The number of benzene rings is 1. The van der Waals surface area contributed by atoms with Gasteiger partial charge in [-0.1, -0.05) is 12.1 Å². The van der Waals surface area contributed by atoms with E-state index in [2.05, 4.69) is 5.32 Å². The molecule has 106 valence electrons. The number of nitrogens with two attached hydrogens (primary N) is 1. The fourth-order valence-electron chi connectivity index (χ4n) is 2.13. The molecule has 0 saturated carbocycles. The number of likely N-dealkylation sites (N-methyl/N-ethyl adjacent to an activating group) is 1. The summed E-state index contributed by atoms with van der Waals surface area (Å²) in [7, 11) is 1.78. The second kappa shape index (κ2) is 7.11. The lowest BCUT2D eigenvalue weighted by Crippen LogP contribution is -2.37. The highest BCUT2D eigenvalue weighted by molar-refractivity contribution is 5.67. The van der Waals surface area contributed by atoms with Crippen molar-refractivity contribution in [1.29, 1.82) is 0 Å². The minimum absolute atomic E-state index is 0.0717. The second-order valence-corrected chi connectivity index (χ2v) is 4.49. The summed E-state index contributed by atoms with van der Waals surface area (Å²) in [5.41, 5.74) is 7.92. The first-order chi connectivity index (χ1) is 8.99. The highest BCUT2D eigenvalue weighted by atomic mass is 16.5. The summed E-state index contributed by atoms with van der Waals surface area (Å²) in [5, 5.41) is 11.9. The van der Waals surface area contributed by atoms with E-state index in [4.69, 9.17) is 15.6 Å². The van der Waals surface area contributed by atoms with Gasteiger partial charge in [-0.25, -0.2) is 0 Å². The Labute approximate surface area is 113 Å². The van der Waals surface area contributed by atoms with Crippen molar-refractivity contribution >= 4 is 5.97 Å². The average Bonchev–Trinajstić information content (AvgIpc) is 2.32. The second-order valence-electron chi connectivity index (χ2n) is 4.49. The van der Waals surface area contributed by atoms with Gasteiger partial charge in [0.05, 0.1) is 13.0 Å². The standard InChI is InChI=1S/C14H22N2O3/c1-4-19-12-6-5-10(7-9(12)2)14(16-3)11(15)8-13(17)18/h5-7,11,14,16H,4,8,15H2,1-3H3,(H,17,18). The van der Waals surface area contributed by atoms with E-state index in [-0.39, 0.29) is 12.5 Å². The van der Waals surface area contributed by atoms with Crippen molar-refractivity contribution in [3.63, 3.8) is 0 Å². The quantitative estimate of drug-likeness (QED) is 0.695. The van der Waals surface area contributed by atoms with Gasteiger partial charge in [-0.2, -0.15) is 0 Å². The number of carboxylic acid groups (broad SMARTS) is 1. The lowest BCUT2D eigenvalue weighted by molar-refractivity contribution is -0.137. The number of rotatable bonds is 7. The van der Waals surface area contributed by atoms with Crippen molar-refractivity contribution < 1.29 is 14.6 Å². The van der Waals surface area contributed by atoms with E-state index in [1.165, 1.54) is 0 Å². The van der Waals surface area contributed by atoms with Crippen LogP contribution < -0.4 is 15.8 Å². The van der Waals surface area contributed by atoms with E-state index in [9.17, 15) is 4.79 Å². The molecule has 0 aliphatic rings. The molecule has 0 saturated heterocycles. The molecule has 0 radical (unpaired) electrons. The van der Waals surface area contributed by atoms with Gasteiger partial charge in [0.1, 0.15) is 5.75 Å². The summed E-state index contributed by atoms with van der Waals surface area (Å²) in [5.74, 6) is -0.0525. The number of hydrogen-bond donors (Lipinski definition) is 3. The van der Waals surface area contributed by atoms with E-state index < -0.39 is 12.0 Å². The third kappa shape index (κ3) is 4.22. The Kier molecular flexibility index (Phi) is 5.79. The van der Waals surface area contributed by atoms with Crippen LogP contribution in [0.4, 0.5) is 0 Å². The fraction of sp³-hybridized carbons (Fsp3) is 0.500. The van der Waals surface area contributed by atoms with Crippen molar-refractivity contribution in [2.45, 2.75) is 32.4 Å². The first-order valence-corrected chi connectivity index (χ1v) is 6.37. The van der Waals surface area contributed by atoms with Gasteiger partial charge in [0.25, 0.3) is 0 Å². The molecule has 19 heavy (non-hydrogen) atoms. The minimum Gasteiger partial charge on any atom is -0.494 e. The van der Waals surface area contributed by atoms with Crippen molar-refractivity contribution in [2.24, 2.45) is 5.73 Å². The summed E-state index contributed by atoms with van der Waals surface area (Å²) >= 11 is 0. The monoisotopic (exact) mass is 266 g/mol. The molecule has 0 fully saturated rings. The van der Waals surface area contributed by atoms with Crippen LogP contribution in [0.15, 0.2) is 18.2 Å². The lowest BCUT2D eigenvalue weighted by atomic mass is 9.96. The third-order valence-electron chi connectivity index (χ3n) is 3.01. The molecule has 5 nitrogen and oxygen atoms in total. The topological polar surface area (TPSA) is 84.6 Å². The molecule has 5 heteroatoms. The van der Waals surface area contributed by atoms with Crippen molar-refractivity contribution in [1.82, 2.24) is 5.32 Å². The summed E-state index contributed by atoms with van der Waals surface area (Å²) in [4.78, 5) is 10.7. The van der Waals surface area contributed by atoms with Gasteiger partial charge in [0.15, 0.2) is 0 Å². The number of hydrogen-bond acceptors (Lipinski definition) is 4. The van der Waals surface area contributed by atoms with E-state index in [1.807, 2.05) is 32.0 Å². The van der Waals surface area contributed by atoms with Gasteiger partial charge in [-0.3, -0.25) is 4.79 Å². The first-order valence-electron chi connectivity index (χ1n) is 6.37. The van der Waals surface area contributed by atoms with Crippen LogP contribution in [0.25, 0.3) is 0 Å². The van der Waals surface area contributed by atoms with Gasteiger partial charge in [0, 0.05) is 12.1 Å². The number of aliphatic carboxylic acids is 1. The van der Waals surface area contributed by atoms with Gasteiger partial charge in [-0.05, 0) is 38.1 Å². The third-order valence-corrected chi connectivity index (χ3v) is 3.01. The normalized spacial score (nSPS) is 13.9. The van der Waals surface area contributed by atoms with Crippen LogP contribution >= 0.6 is 0 Å². The number of ether oxygens (including phenoxy) is 1. The molecule has 2 unspecified atom stereocenters. The molecule has 0 aromatic heterocycles. The number of aryl methyl sites for hydroxylation is 1. The maximum atomic E-state index is 10.7. The van der Waals surface area contributed by atoms with E-state index >= 15 is 0 Å². The summed E-state index contributed by atoms with van der Waals surface area (Å²) in [6, 6.07) is 5.13. The predicted molar refractivity (Wildman–Crippen MR) is 74.4 cm³/mol. The molecular formula is C14H22N2O3. The zero-order valence-corrected chi connectivity index (χ0v) is 11.6. The predicted octanol–water partition coefficient (Wildman–Crippen LogP) is 1.46. The van der Waals surface area contributed by atoms with Crippen molar-refractivity contribution in [3.8, 4) is 5.75 Å². The Morgan fingerprint density at radius 2 is 2.21 bits per heavy atom. The van der Waals surface area contributed by atoms with Crippen LogP contribution in [0, 0.1) is 6.92 Å². The Morgan fingerprint density at radius 3 is 2.68 bits per heavy atom. The van der Waals surface area contributed by atoms with Crippen molar-refractivity contribution in [3.05, 3.63) is 29.3 Å². The first kappa shape index (κ1) is 15.5. The molecule has 0 aliphatic carbocycles. The largest absolute Gasteiger partial charge is 0.494 e. The van der Waals surface area contributed by atoms with Gasteiger partial charge in [0.2, 0.25) is 0 Å². The maximum Gasteiger partial charge on any atom is 0.304 e. The van der Waals surface area contributed by atoms with Gasteiger partial charge in [-0.15, -0.1) is 0 Å². The molecule has 1 aromatic rings. The van der Waals surface area contributed by atoms with Crippen LogP contribution in [0.2, 0.25) is 0 Å². The SMILES string of the molecule is CCOc1ccc(C(NC)C(N)CC(=O)O)cc1C. The van der Waals surface area contributed by atoms with Crippen LogP contribution in [-0.4, -0.2) is 30.8 Å². The molecule has 0 aliphatic heterocycles. The zero-order valence-electron chi connectivity index (χ0n) is 11.6. The molecule has 2 atom stereocenters. The summed E-state index contributed by atoms with van der Waals surface area (Å²) < 4.78 is 5.48. The Balaban J connectivity index is 2.92. The van der Waals surface area contributed by atoms with Crippen LogP contribution in [0.1, 0.15) is 30.5 Å². The Morgan fingerprint density at radius 1 is 1.53 bits per heavy atom. The molecular weight excluding hydrogens is 244 g/mol. The fourth-order valence-corrected chi connectivity index (χ4v) is 2.13. The minimum atomic E-state index is -0.893. The number of carboxylic acids is 1. The molecule has 0 heterocycles. The molecule has 0 spiro atoms. The lowest BCUT2D eigenvalue weighted by Gasteiger charge is -2.23. The highest BCUT2D eigenvalue weighted by Crippen LogP contribution is 2.24. The van der Waals surface area contributed by atoms with Gasteiger partial charge >= 0.3 is 5.97 Å². The molecule has 0 bridgehead atoms. The average molecular weight is 266 g/mol. The smallest absolute Gasteiger partial charge is 0.304 e. The van der Waals surface area contributed by atoms with E-state index in [0.717, 1.165) is 16.9 Å². The molecule has 0 amide bonds. The van der Waals surface area contributed by atoms with E-state index in [1.54, 1.807) is 7.05 Å². The summed E-state index contributed by atoms with van der Waals surface area (Å²) in [6.07, 6.45) is -0.0717. The van der Waals surface area contributed by atoms with Crippen LogP contribution in [0.3, 0.4) is 0 Å². The van der Waals surface area contributed by atoms with E-state index in [0.29, 0.717) is 6.61 Å². The summed E-state index contributed by atoms with van der Waals surface area (Å²) in [6.45, 7) is 4.52. The van der Waals surface area contributed by atoms with Crippen molar-refractivity contribution in [2.75, 3.05) is 13.7 Å². The van der Waals surface area contributed by atoms with Gasteiger partial charge < -0.3 is 20.9 Å².